The molecule has 8 heteroatoms. The van der Waals surface area contributed by atoms with Crippen LogP contribution in [0.3, 0.4) is 0 Å². The highest BCUT2D eigenvalue weighted by molar-refractivity contribution is 7.99. The minimum absolute atomic E-state index is 0.0534. The Morgan fingerprint density at radius 1 is 1.59 bits per heavy atom. The van der Waals surface area contributed by atoms with Crippen LogP contribution in [0, 0.1) is 12.3 Å². The average molecular weight is 280 g/mol. The molecule has 98 valence electrons. The standard InChI is InChI=1S/C9H16N2O4S2/c1-3-7-16-8-5-10-17(14,15)11(2)6-4-9(12)13/h1,10H,4-8H2,2H3,(H,12,13). The van der Waals surface area contributed by atoms with Gasteiger partial charge in [-0.25, -0.2) is 4.72 Å². The zero-order valence-electron chi connectivity index (χ0n) is 9.55. The van der Waals surface area contributed by atoms with E-state index in [1.54, 1.807) is 0 Å². The Bertz CT molecular complexity index is 375. The van der Waals surface area contributed by atoms with Crippen LogP contribution < -0.4 is 4.72 Å². The van der Waals surface area contributed by atoms with E-state index in [2.05, 4.69) is 10.6 Å². The molecule has 0 unspecified atom stereocenters. The highest BCUT2D eigenvalue weighted by atomic mass is 32.2. The van der Waals surface area contributed by atoms with Crippen molar-refractivity contribution in [2.75, 3.05) is 31.6 Å². The van der Waals surface area contributed by atoms with E-state index in [4.69, 9.17) is 11.5 Å². The van der Waals surface area contributed by atoms with Gasteiger partial charge in [-0.15, -0.1) is 18.2 Å². The maximum absolute atomic E-state index is 11.5. The third-order valence-electron chi connectivity index (χ3n) is 1.77. The fraction of sp³-hybridized carbons (Fsp3) is 0.667. The van der Waals surface area contributed by atoms with Gasteiger partial charge in [0.05, 0.1) is 12.2 Å². The lowest BCUT2D eigenvalue weighted by Crippen LogP contribution is -2.40. The van der Waals surface area contributed by atoms with E-state index in [0.717, 1.165) is 4.31 Å². The van der Waals surface area contributed by atoms with Crippen LogP contribution in [0.25, 0.3) is 0 Å². The Morgan fingerprint density at radius 3 is 2.76 bits per heavy atom. The summed E-state index contributed by atoms with van der Waals surface area (Å²) in [4.78, 5) is 10.3. The summed E-state index contributed by atoms with van der Waals surface area (Å²) in [6.45, 7) is 0.217. The molecule has 0 aromatic carbocycles. The molecule has 0 radical (unpaired) electrons. The van der Waals surface area contributed by atoms with Crippen LogP contribution in [0.5, 0.6) is 0 Å². The van der Waals surface area contributed by atoms with Crippen molar-refractivity contribution in [1.29, 1.82) is 0 Å². The van der Waals surface area contributed by atoms with E-state index >= 15 is 0 Å². The van der Waals surface area contributed by atoms with Crippen LogP contribution in [0.15, 0.2) is 0 Å². The topological polar surface area (TPSA) is 86.7 Å². The number of aliphatic carboxylic acids is 1. The summed E-state index contributed by atoms with van der Waals surface area (Å²) in [5, 5.41) is 8.44. The van der Waals surface area contributed by atoms with Crippen LogP contribution >= 0.6 is 11.8 Å². The number of rotatable bonds is 9. The lowest BCUT2D eigenvalue weighted by Gasteiger charge is -2.16. The third kappa shape index (κ3) is 8.04. The van der Waals surface area contributed by atoms with Crippen LogP contribution in [-0.4, -0.2) is 55.4 Å². The predicted molar refractivity (Wildman–Crippen MR) is 68.0 cm³/mol. The first kappa shape index (κ1) is 16.2. The highest BCUT2D eigenvalue weighted by Crippen LogP contribution is 1.99. The molecule has 2 N–H and O–H groups in total. The van der Waals surface area contributed by atoms with Crippen molar-refractivity contribution in [3.63, 3.8) is 0 Å². The molecule has 0 amide bonds. The van der Waals surface area contributed by atoms with Gasteiger partial charge < -0.3 is 5.11 Å². The van der Waals surface area contributed by atoms with Crippen molar-refractivity contribution in [3.8, 4) is 12.3 Å². The summed E-state index contributed by atoms with van der Waals surface area (Å²) in [5.74, 6) is 2.52. The summed E-state index contributed by atoms with van der Waals surface area (Å²) in [7, 11) is -2.25. The maximum atomic E-state index is 11.5. The molecule has 0 fully saturated rings. The van der Waals surface area contributed by atoms with Gasteiger partial charge in [0.1, 0.15) is 0 Å². The number of terminal acetylenes is 1. The van der Waals surface area contributed by atoms with Gasteiger partial charge in [-0.3, -0.25) is 4.79 Å². The molecular formula is C9H16N2O4S2. The van der Waals surface area contributed by atoms with Gasteiger partial charge in [-0.1, -0.05) is 5.92 Å². The summed E-state index contributed by atoms with van der Waals surface area (Å²) in [6, 6.07) is 0. The number of hydrogen-bond acceptors (Lipinski definition) is 4. The van der Waals surface area contributed by atoms with Crippen LogP contribution in [0.1, 0.15) is 6.42 Å². The van der Waals surface area contributed by atoms with E-state index in [9.17, 15) is 13.2 Å². The second-order valence-electron chi connectivity index (χ2n) is 3.12. The molecule has 0 aromatic rings. The summed E-state index contributed by atoms with van der Waals surface area (Å²) < 4.78 is 26.4. The van der Waals surface area contributed by atoms with Gasteiger partial charge in [-0.2, -0.15) is 12.7 Å². The lowest BCUT2D eigenvalue weighted by molar-refractivity contribution is -0.137. The summed E-state index contributed by atoms with van der Waals surface area (Å²) in [5.41, 5.74) is 0. The zero-order valence-corrected chi connectivity index (χ0v) is 11.2. The molecule has 0 saturated carbocycles. The largest absolute Gasteiger partial charge is 0.481 e. The van der Waals surface area contributed by atoms with Gasteiger partial charge in [0, 0.05) is 25.9 Å². The quantitative estimate of drug-likeness (QED) is 0.443. The van der Waals surface area contributed by atoms with Gasteiger partial charge in [0.2, 0.25) is 0 Å². The fourth-order valence-corrected chi connectivity index (χ4v) is 2.41. The minimum atomic E-state index is -3.59. The predicted octanol–water partition coefficient (Wildman–Crippen LogP) is -0.406. The molecule has 0 saturated heterocycles. The number of nitrogens with one attached hydrogen (secondary N) is 1. The van der Waals surface area contributed by atoms with E-state index < -0.39 is 16.2 Å². The molecule has 0 aromatic heterocycles. The van der Waals surface area contributed by atoms with E-state index in [-0.39, 0.29) is 19.5 Å². The van der Waals surface area contributed by atoms with E-state index in [1.165, 1.54) is 18.8 Å². The van der Waals surface area contributed by atoms with Crippen molar-refractivity contribution in [1.82, 2.24) is 9.03 Å². The minimum Gasteiger partial charge on any atom is -0.481 e. The normalized spacial score (nSPS) is 11.4. The van der Waals surface area contributed by atoms with Gasteiger partial charge in [0.25, 0.3) is 10.2 Å². The van der Waals surface area contributed by atoms with Crippen molar-refractivity contribution in [3.05, 3.63) is 0 Å². The van der Waals surface area contributed by atoms with Crippen LogP contribution in [-0.2, 0) is 15.0 Å². The smallest absolute Gasteiger partial charge is 0.304 e. The van der Waals surface area contributed by atoms with E-state index in [0.29, 0.717) is 11.5 Å². The first-order valence-corrected chi connectivity index (χ1v) is 7.43. The second-order valence-corrected chi connectivity index (χ2v) is 6.09. The third-order valence-corrected chi connectivity index (χ3v) is 4.20. The van der Waals surface area contributed by atoms with Gasteiger partial charge in [0.15, 0.2) is 0 Å². The number of nitrogens with zero attached hydrogens (tertiary/aromatic N) is 1. The highest BCUT2D eigenvalue weighted by Gasteiger charge is 2.17. The molecule has 17 heavy (non-hydrogen) atoms. The van der Waals surface area contributed by atoms with Crippen molar-refractivity contribution >= 4 is 27.9 Å². The molecule has 0 atom stereocenters. The number of carboxylic acids is 1. The summed E-state index contributed by atoms with van der Waals surface area (Å²) in [6.07, 6.45) is 4.82. The number of carboxylic acid groups (broad SMARTS) is 1. The van der Waals surface area contributed by atoms with Gasteiger partial charge >= 0.3 is 5.97 Å². The molecular weight excluding hydrogens is 264 g/mol. The lowest BCUT2D eigenvalue weighted by atomic mass is 10.4. The Hall–Kier alpha value is -0.750. The van der Waals surface area contributed by atoms with Crippen molar-refractivity contribution < 1.29 is 18.3 Å². The molecule has 0 aliphatic carbocycles. The molecule has 0 rings (SSSR count). The van der Waals surface area contributed by atoms with E-state index in [1.807, 2.05) is 0 Å². The average Bonchev–Trinajstić information content (AvgIpc) is 2.25. The first-order valence-electron chi connectivity index (χ1n) is 4.84. The second kappa shape index (κ2) is 8.36. The number of hydrogen-bond donors (Lipinski definition) is 2. The van der Waals surface area contributed by atoms with Crippen molar-refractivity contribution in [2.24, 2.45) is 0 Å². The molecule has 0 aliphatic heterocycles. The SMILES string of the molecule is C#CCSCCNS(=O)(=O)N(C)CCC(=O)O. The Labute approximate surface area is 106 Å². The molecule has 6 nitrogen and oxygen atoms in total. The molecule has 0 bridgehead atoms. The molecule has 0 spiro atoms. The maximum Gasteiger partial charge on any atom is 0.304 e. The fourth-order valence-electron chi connectivity index (χ4n) is 0.857. The number of carbonyl (C=O) groups is 1. The first-order chi connectivity index (χ1) is 7.90. The monoisotopic (exact) mass is 280 g/mol. The Balaban J connectivity index is 3.93. The Kier molecular flexibility index (Phi) is 7.99. The molecule has 0 aliphatic rings. The number of thioether (sulfide) groups is 1. The Morgan fingerprint density at radius 2 is 2.24 bits per heavy atom. The summed E-state index contributed by atoms with van der Waals surface area (Å²) >= 11 is 1.45. The van der Waals surface area contributed by atoms with Crippen molar-refractivity contribution in [2.45, 2.75) is 6.42 Å². The molecule has 0 heterocycles. The van der Waals surface area contributed by atoms with Crippen LogP contribution in [0.4, 0.5) is 0 Å². The van der Waals surface area contributed by atoms with Crippen LogP contribution in [0.2, 0.25) is 0 Å². The van der Waals surface area contributed by atoms with Gasteiger partial charge in [-0.05, 0) is 0 Å². The zero-order chi connectivity index (χ0) is 13.3.